The molecule has 2 aromatic heterocycles. The van der Waals surface area contributed by atoms with E-state index in [-0.39, 0.29) is 6.10 Å². The highest BCUT2D eigenvalue weighted by Gasteiger charge is 2.22. The number of rotatable bonds is 11. The van der Waals surface area contributed by atoms with Crippen LogP contribution >= 0.6 is 0 Å². The van der Waals surface area contributed by atoms with E-state index in [0.29, 0.717) is 12.4 Å². The molecule has 0 bridgehead atoms. The van der Waals surface area contributed by atoms with Crippen molar-refractivity contribution in [2.45, 2.75) is 33.8 Å². The monoisotopic (exact) mass is 817 g/mol. The zero-order valence-corrected chi connectivity index (χ0v) is 35.9. The van der Waals surface area contributed by atoms with Gasteiger partial charge in [0, 0.05) is 57.2 Å². The third kappa shape index (κ3) is 7.58. The molecule has 306 valence electrons. The number of hydrogen-bond acceptors (Lipinski definition) is 5. The molecule has 0 aliphatic rings. The maximum atomic E-state index is 6.81. The van der Waals surface area contributed by atoms with Crippen LogP contribution in [0, 0.1) is 6.92 Å². The van der Waals surface area contributed by atoms with Crippen molar-refractivity contribution in [1.29, 1.82) is 0 Å². The molecule has 0 radical (unpaired) electrons. The molecule has 0 N–H and O–H groups in total. The van der Waals surface area contributed by atoms with Gasteiger partial charge in [-0.2, -0.15) is 0 Å². The van der Waals surface area contributed by atoms with E-state index < -0.39 is 0 Å². The molecule has 0 aliphatic carbocycles. The molecule has 63 heavy (non-hydrogen) atoms. The second-order valence-electron chi connectivity index (χ2n) is 15.9. The van der Waals surface area contributed by atoms with Crippen LogP contribution in [0.3, 0.4) is 0 Å². The van der Waals surface area contributed by atoms with Crippen molar-refractivity contribution in [1.82, 2.24) is 9.97 Å². The van der Waals surface area contributed by atoms with Crippen LogP contribution < -0.4 is 4.90 Å². The quantitative estimate of drug-likeness (QED) is 0.122. The van der Waals surface area contributed by atoms with E-state index in [1.54, 1.807) is 0 Å². The van der Waals surface area contributed by atoms with Gasteiger partial charge in [-0.1, -0.05) is 140 Å². The minimum Gasteiger partial charge on any atom is -0.456 e. The molecule has 0 saturated carbocycles. The lowest BCUT2D eigenvalue weighted by Crippen LogP contribution is -2.10. The van der Waals surface area contributed by atoms with Crippen LogP contribution in [0.1, 0.15) is 32.0 Å². The molecule has 1 unspecified atom stereocenters. The highest BCUT2D eigenvalue weighted by molar-refractivity contribution is 6.13. The summed E-state index contributed by atoms with van der Waals surface area (Å²) in [5.41, 5.74) is 12.7. The first kappa shape index (κ1) is 39.5. The third-order valence-electron chi connectivity index (χ3n) is 11.8. The van der Waals surface area contributed by atoms with Gasteiger partial charge in [0.25, 0.3) is 0 Å². The number of hydrogen-bond donors (Lipinski definition) is 0. The smallest absolute Gasteiger partial charge is 0.161 e. The van der Waals surface area contributed by atoms with Gasteiger partial charge in [0.2, 0.25) is 0 Å². The normalized spacial score (nSPS) is 12.5. The number of allylic oxidation sites excluding steroid dienone is 3. The average molecular weight is 818 g/mol. The molecule has 2 heterocycles. The number of nitrogens with zero attached hydrogens (tertiary/aromatic N) is 3. The Morgan fingerprint density at radius 1 is 0.619 bits per heavy atom. The Balaban J connectivity index is 1.17. The molecule has 10 aromatic rings. The zero-order valence-electron chi connectivity index (χ0n) is 35.9. The number of ether oxygens (including phenoxy) is 1. The lowest BCUT2D eigenvalue weighted by Gasteiger charge is -2.26. The summed E-state index contributed by atoms with van der Waals surface area (Å²) < 4.78 is 12.8. The van der Waals surface area contributed by atoms with Crippen LogP contribution in [0.4, 0.5) is 17.1 Å². The first-order chi connectivity index (χ1) is 31.0. The number of benzene rings is 8. The van der Waals surface area contributed by atoms with Crippen molar-refractivity contribution >= 4 is 66.1 Å². The van der Waals surface area contributed by atoms with Gasteiger partial charge in [-0.3, -0.25) is 0 Å². The Labute approximate surface area is 368 Å². The molecule has 0 aliphatic heterocycles. The van der Waals surface area contributed by atoms with Crippen molar-refractivity contribution in [2.75, 3.05) is 11.5 Å². The third-order valence-corrected chi connectivity index (χ3v) is 11.8. The minimum atomic E-state index is -0.106. The second-order valence-corrected chi connectivity index (χ2v) is 15.9. The van der Waals surface area contributed by atoms with Gasteiger partial charge in [-0.15, -0.1) is 0 Å². The summed E-state index contributed by atoms with van der Waals surface area (Å²) in [4.78, 5) is 13.2. The van der Waals surface area contributed by atoms with E-state index in [0.717, 1.165) is 89.0 Å². The summed E-state index contributed by atoms with van der Waals surface area (Å²) in [5, 5.41) is 6.64. The predicted molar refractivity (Wildman–Crippen MR) is 264 cm³/mol. The Bertz CT molecular complexity index is 3360. The fraction of sp³-hybridized carbons (Fsp3) is 0.103. The van der Waals surface area contributed by atoms with Gasteiger partial charge in [0.05, 0.1) is 17.5 Å². The molecule has 0 saturated heterocycles. The molecule has 0 spiro atoms. The summed E-state index contributed by atoms with van der Waals surface area (Å²) in [7, 11) is 0. The number of furan rings is 1. The standard InChI is InChI=1S/C58H47N3O2/c1-5-17-45(34-38(3)62-6-2)56-39(4)57(50-27-15-23-42-21-12-13-26-49(42)50)60-58(59-56)52-28-16-29-53-55(52)51-33-32-48(37-54(51)63-53)61(47-31-30-41-20-10-11-22-43(41)36-47)46-25-14-24-44(35-46)40-18-8-7-9-19-40/h5,7-38H,6H2,1-4H3/b17-5-,45-34+. The fourth-order valence-corrected chi connectivity index (χ4v) is 8.93. The highest BCUT2D eigenvalue weighted by Crippen LogP contribution is 2.43. The van der Waals surface area contributed by atoms with Crippen molar-refractivity contribution in [3.8, 4) is 33.8 Å². The first-order valence-corrected chi connectivity index (χ1v) is 21.7. The van der Waals surface area contributed by atoms with E-state index in [1.165, 1.54) is 16.3 Å². The van der Waals surface area contributed by atoms with Crippen molar-refractivity contribution < 1.29 is 9.15 Å². The van der Waals surface area contributed by atoms with E-state index in [9.17, 15) is 0 Å². The summed E-state index contributed by atoms with van der Waals surface area (Å²) in [5.74, 6) is 0.630. The topological polar surface area (TPSA) is 51.4 Å². The number of anilines is 3. The molecule has 8 aromatic carbocycles. The zero-order chi connectivity index (χ0) is 42.9. The van der Waals surface area contributed by atoms with E-state index in [1.807, 2.05) is 26.0 Å². The van der Waals surface area contributed by atoms with Crippen LogP contribution in [0.25, 0.3) is 82.8 Å². The van der Waals surface area contributed by atoms with Gasteiger partial charge in [-0.05, 0) is 114 Å². The van der Waals surface area contributed by atoms with E-state index >= 15 is 0 Å². The molecular formula is C58H47N3O2. The van der Waals surface area contributed by atoms with Crippen LogP contribution in [-0.4, -0.2) is 22.7 Å². The van der Waals surface area contributed by atoms with E-state index in [2.05, 4.69) is 201 Å². The van der Waals surface area contributed by atoms with Gasteiger partial charge in [0.1, 0.15) is 11.2 Å². The highest BCUT2D eigenvalue weighted by atomic mass is 16.5. The lowest BCUT2D eigenvalue weighted by molar-refractivity contribution is 0.110. The van der Waals surface area contributed by atoms with Crippen LogP contribution in [0.2, 0.25) is 0 Å². The lowest BCUT2D eigenvalue weighted by atomic mass is 9.95. The molecule has 10 rings (SSSR count). The largest absolute Gasteiger partial charge is 0.456 e. The Morgan fingerprint density at radius 2 is 1.30 bits per heavy atom. The van der Waals surface area contributed by atoms with Crippen molar-refractivity contribution in [3.05, 3.63) is 205 Å². The van der Waals surface area contributed by atoms with Gasteiger partial charge in [0.15, 0.2) is 5.82 Å². The summed E-state index contributed by atoms with van der Waals surface area (Å²) >= 11 is 0. The molecule has 0 amide bonds. The SMILES string of the molecule is C/C=C\C(=C/C(C)OCC)c1nc(-c2cccc3oc4cc(N(c5cccc(-c6ccccc6)c5)c5ccc6ccccc6c5)ccc4c23)nc(-c2cccc3ccccc23)c1C. The first-order valence-electron chi connectivity index (χ1n) is 21.7. The molecule has 5 nitrogen and oxygen atoms in total. The predicted octanol–water partition coefficient (Wildman–Crippen LogP) is 15.8. The molecular weight excluding hydrogens is 771 g/mol. The summed E-state index contributed by atoms with van der Waals surface area (Å²) in [6.45, 7) is 8.88. The minimum absolute atomic E-state index is 0.106. The Hall–Kier alpha value is -7.60. The van der Waals surface area contributed by atoms with Gasteiger partial charge < -0.3 is 14.1 Å². The van der Waals surface area contributed by atoms with Crippen molar-refractivity contribution in [2.24, 2.45) is 0 Å². The number of aromatic nitrogens is 2. The maximum Gasteiger partial charge on any atom is 0.161 e. The molecule has 5 heteroatoms. The van der Waals surface area contributed by atoms with Crippen molar-refractivity contribution in [3.63, 3.8) is 0 Å². The Kier molecular flexibility index (Phi) is 10.7. The van der Waals surface area contributed by atoms with Gasteiger partial charge in [-0.25, -0.2) is 9.97 Å². The fourth-order valence-electron chi connectivity index (χ4n) is 8.93. The van der Waals surface area contributed by atoms with E-state index in [4.69, 9.17) is 19.1 Å². The average Bonchev–Trinajstić information content (AvgIpc) is 3.70. The number of fused-ring (bicyclic) bond motifs is 5. The molecule has 0 fully saturated rings. The van der Waals surface area contributed by atoms with Crippen LogP contribution in [0.15, 0.2) is 199 Å². The summed E-state index contributed by atoms with van der Waals surface area (Å²) in [6.07, 6.45) is 6.23. The Morgan fingerprint density at radius 3 is 2.14 bits per heavy atom. The van der Waals surface area contributed by atoms with Gasteiger partial charge >= 0.3 is 0 Å². The van der Waals surface area contributed by atoms with Crippen LogP contribution in [-0.2, 0) is 4.74 Å². The second kappa shape index (κ2) is 17.0. The summed E-state index contributed by atoms with van der Waals surface area (Å²) in [6, 6.07) is 62.1. The molecule has 1 atom stereocenters. The maximum absolute atomic E-state index is 6.81. The van der Waals surface area contributed by atoms with Crippen LogP contribution in [0.5, 0.6) is 0 Å².